The number of aliphatic carboxylic acids is 2. The van der Waals surface area contributed by atoms with Gasteiger partial charge in [-0.1, -0.05) is 24.3 Å². The van der Waals surface area contributed by atoms with Crippen LogP contribution in [0.4, 0.5) is 0 Å². The van der Waals surface area contributed by atoms with E-state index in [-0.39, 0.29) is 40.7 Å². The number of ketones is 1. The van der Waals surface area contributed by atoms with Gasteiger partial charge in [0.25, 0.3) is 5.91 Å². The lowest BCUT2D eigenvalue weighted by Crippen LogP contribution is -2.40. The van der Waals surface area contributed by atoms with E-state index in [9.17, 15) is 24.3 Å². The van der Waals surface area contributed by atoms with Crippen LogP contribution in [0.25, 0.3) is 0 Å². The molecule has 0 spiro atoms. The molecule has 12 heteroatoms. The fraction of sp³-hybridized carbons (Fsp3) is 0.182. The van der Waals surface area contributed by atoms with Gasteiger partial charge in [-0.15, -0.1) is 0 Å². The van der Waals surface area contributed by atoms with Gasteiger partial charge in [0.1, 0.15) is 24.0 Å². The third-order valence-electron chi connectivity index (χ3n) is 4.62. The van der Waals surface area contributed by atoms with E-state index in [1.807, 2.05) is 0 Å². The van der Waals surface area contributed by atoms with Crippen LogP contribution in [-0.2, 0) is 20.8 Å². The Balaban J connectivity index is 2.22. The summed E-state index contributed by atoms with van der Waals surface area (Å²) in [7, 11) is 0. The first-order chi connectivity index (χ1) is 16.0. The lowest BCUT2D eigenvalue weighted by atomic mass is 10.0. The minimum Gasteiger partial charge on any atom is -0.491 e. The molecule has 0 radical (unpaired) electrons. The first kappa shape index (κ1) is 25.5. The Kier molecular flexibility index (Phi) is 8.42. The van der Waals surface area contributed by atoms with Crippen LogP contribution < -0.4 is 21.5 Å². The first-order valence-corrected chi connectivity index (χ1v) is 9.81. The molecular formula is C22H23N5O7. The largest absolute Gasteiger partial charge is 0.491 e. The fourth-order valence-corrected chi connectivity index (χ4v) is 2.87. The Hall–Kier alpha value is -4.74. The van der Waals surface area contributed by atoms with Gasteiger partial charge in [-0.3, -0.25) is 25.2 Å². The molecule has 9 N–H and O–H groups in total. The second kappa shape index (κ2) is 11.2. The van der Waals surface area contributed by atoms with Crippen molar-refractivity contribution < 1.29 is 34.1 Å². The zero-order chi connectivity index (χ0) is 25.4. The summed E-state index contributed by atoms with van der Waals surface area (Å²) in [6, 6.07) is 8.93. The summed E-state index contributed by atoms with van der Waals surface area (Å²) in [5, 5.41) is 35.6. The third-order valence-corrected chi connectivity index (χ3v) is 4.62. The van der Waals surface area contributed by atoms with Gasteiger partial charge in [0.05, 0.1) is 12.5 Å². The van der Waals surface area contributed by atoms with Crippen molar-refractivity contribution in [2.24, 2.45) is 11.5 Å². The van der Waals surface area contributed by atoms with Crippen LogP contribution in [-0.4, -0.2) is 58.2 Å². The summed E-state index contributed by atoms with van der Waals surface area (Å²) >= 11 is 0. The maximum atomic E-state index is 12.6. The van der Waals surface area contributed by atoms with Crippen LogP contribution in [0.3, 0.4) is 0 Å². The number of carboxylic acids is 2. The topological polar surface area (TPSA) is 230 Å². The lowest BCUT2D eigenvalue weighted by molar-refractivity contribution is -0.148. The van der Waals surface area contributed by atoms with E-state index in [1.165, 1.54) is 42.5 Å². The number of nitrogens with one attached hydrogen (secondary N) is 3. The molecule has 2 aromatic carbocycles. The van der Waals surface area contributed by atoms with Crippen molar-refractivity contribution in [3.8, 4) is 5.75 Å². The van der Waals surface area contributed by atoms with Crippen molar-refractivity contribution >= 4 is 35.3 Å². The molecule has 2 aromatic rings. The normalized spacial score (nSPS) is 11.2. The quantitative estimate of drug-likeness (QED) is 0.127. The fourth-order valence-electron chi connectivity index (χ4n) is 2.87. The van der Waals surface area contributed by atoms with Gasteiger partial charge in [0.2, 0.25) is 5.78 Å². The number of ether oxygens (including phenoxy) is 1. The molecule has 0 aliphatic carbocycles. The molecule has 0 saturated carbocycles. The summed E-state index contributed by atoms with van der Waals surface area (Å²) in [4.78, 5) is 46.4. The maximum Gasteiger partial charge on any atom is 0.372 e. The number of hydrogen-bond acceptors (Lipinski definition) is 7. The highest BCUT2D eigenvalue weighted by atomic mass is 16.5. The Morgan fingerprint density at radius 2 is 1.47 bits per heavy atom. The molecule has 1 amide bonds. The molecule has 0 heterocycles. The van der Waals surface area contributed by atoms with Crippen molar-refractivity contribution in [1.82, 2.24) is 5.32 Å². The van der Waals surface area contributed by atoms with Crippen LogP contribution in [0.5, 0.6) is 5.75 Å². The number of amides is 1. The standard InChI is InChI=1S/C22H23N5O7/c23-19(24)11-1-3-12(4-2-11)21(31)27-15(9-18(29)30)10-34-17-8-14(20(25)26)6-5-13(17)7-16(28)22(32)33/h1-6,8,15H,7,9-10H2,(H3,23,24)(H3,25,26)(H,27,31)(H,29,30)(H,32,33)/t15-/m1/s1. The van der Waals surface area contributed by atoms with Gasteiger partial charge < -0.3 is 31.7 Å². The number of hydrogen-bond donors (Lipinski definition) is 7. The van der Waals surface area contributed by atoms with Gasteiger partial charge in [-0.2, -0.15) is 0 Å². The molecule has 12 nitrogen and oxygen atoms in total. The second-order valence-corrected chi connectivity index (χ2v) is 7.21. The zero-order valence-electron chi connectivity index (χ0n) is 17.8. The summed E-state index contributed by atoms with van der Waals surface area (Å²) in [6.45, 7) is -0.334. The van der Waals surface area contributed by atoms with E-state index >= 15 is 0 Å². The molecule has 2 rings (SSSR count). The molecule has 1 atom stereocenters. The van der Waals surface area contributed by atoms with E-state index < -0.39 is 42.5 Å². The number of nitrogens with two attached hydrogens (primary N) is 2. The molecule has 178 valence electrons. The SMILES string of the molecule is N=C(N)c1ccc(C(=O)N[C@@H](COc2cc(C(=N)N)ccc2CC(=O)C(=O)O)CC(=O)O)cc1. The number of Topliss-reactive ketones (excluding diaryl/α,β-unsaturated/α-hetero) is 1. The number of carbonyl (C=O) groups excluding carboxylic acids is 2. The highest BCUT2D eigenvalue weighted by Crippen LogP contribution is 2.22. The van der Waals surface area contributed by atoms with E-state index in [0.29, 0.717) is 5.56 Å². The highest BCUT2D eigenvalue weighted by molar-refractivity contribution is 6.33. The van der Waals surface area contributed by atoms with Crippen molar-refractivity contribution in [2.45, 2.75) is 18.9 Å². The monoisotopic (exact) mass is 469 g/mol. The van der Waals surface area contributed by atoms with Crippen molar-refractivity contribution in [3.63, 3.8) is 0 Å². The molecule has 0 aliphatic rings. The van der Waals surface area contributed by atoms with Gasteiger partial charge in [0, 0.05) is 28.7 Å². The van der Waals surface area contributed by atoms with E-state index in [2.05, 4.69) is 5.32 Å². The number of nitrogen functional groups attached to an aromatic ring is 2. The van der Waals surface area contributed by atoms with E-state index in [4.69, 9.17) is 32.1 Å². The van der Waals surface area contributed by atoms with Crippen LogP contribution in [0.2, 0.25) is 0 Å². The Morgan fingerprint density at radius 1 is 0.912 bits per heavy atom. The number of amidine groups is 2. The second-order valence-electron chi connectivity index (χ2n) is 7.21. The number of carboxylic acid groups (broad SMARTS) is 2. The molecule has 0 bridgehead atoms. The average molecular weight is 469 g/mol. The van der Waals surface area contributed by atoms with Crippen LogP contribution in [0.15, 0.2) is 42.5 Å². The molecule has 0 saturated heterocycles. The van der Waals surface area contributed by atoms with E-state index in [1.54, 1.807) is 0 Å². The number of benzene rings is 2. The average Bonchev–Trinajstić information content (AvgIpc) is 2.77. The number of carbonyl (C=O) groups is 4. The van der Waals surface area contributed by atoms with Crippen LogP contribution in [0, 0.1) is 10.8 Å². The highest BCUT2D eigenvalue weighted by Gasteiger charge is 2.21. The van der Waals surface area contributed by atoms with Gasteiger partial charge in [-0.05, 0) is 18.2 Å². The Morgan fingerprint density at radius 3 is 2.00 bits per heavy atom. The van der Waals surface area contributed by atoms with E-state index in [0.717, 1.165) is 0 Å². The van der Waals surface area contributed by atoms with Gasteiger partial charge in [-0.25, -0.2) is 4.79 Å². The van der Waals surface area contributed by atoms with Crippen molar-refractivity contribution in [2.75, 3.05) is 6.61 Å². The third kappa shape index (κ3) is 7.15. The lowest BCUT2D eigenvalue weighted by Gasteiger charge is -2.19. The summed E-state index contributed by atoms with van der Waals surface area (Å²) in [5.41, 5.74) is 11.9. The molecular weight excluding hydrogens is 446 g/mol. The van der Waals surface area contributed by atoms with Gasteiger partial charge in [0.15, 0.2) is 0 Å². The summed E-state index contributed by atoms with van der Waals surface area (Å²) in [6.07, 6.45) is -0.992. The zero-order valence-corrected chi connectivity index (χ0v) is 17.8. The minimum atomic E-state index is -1.63. The molecule has 0 fully saturated rings. The summed E-state index contributed by atoms with van der Waals surface area (Å²) in [5.74, 6) is -4.97. The van der Waals surface area contributed by atoms with Crippen molar-refractivity contribution in [1.29, 1.82) is 10.8 Å². The van der Waals surface area contributed by atoms with Crippen LogP contribution >= 0.6 is 0 Å². The maximum absolute atomic E-state index is 12.6. The molecule has 0 unspecified atom stereocenters. The predicted molar refractivity (Wildman–Crippen MR) is 120 cm³/mol. The molecule has 0 aromatic heterocycles. The smallest absolute Gasteiger partial charge is 0.372 e. The molecule has 34 heavy (non-hydrogen) atoms. The Bertz CT molecular complexity index is 1140. The summed E-state index contributed by atoms with van der Waals surface area (Å²) < 4.78 is 5.64. The number of rotatable bonds is 12. The van der Waals surface area contributed by atoms with Crippen LogP contribution in [0.1, 0.15) is 33.5 Å². The molecule has 0 aliphatic heterocycles. The van der Waals surface area contributed by atoms with Gasteiger partial charge >= 0.3 is 11.9 Å². The predicted octanol–water partition coefficient (Wildman–Crippen LogP) is 0.103. The Labute approximate surface area is 193 Å². The van der Waals surface area contributed by atoms with Crippen molar-refractivity contribution in [3.05, 3.63) is 64.7 Å². The first-order valence-electron chi connectivity index (χ1n) is 9.81. The minimum absolute atomic E-state index is 0.0257.